The van der Waals surface area contributed by atoms with Crippen LogP contribution in [0.2, 0.25) is 0 Å². The molecule has 3 aliphatic rings. The molecule has 4 aromatic carbocycles. The van der Waals surface area contributed by atoms with Crippen LogP contribution in [0.25, 0.3) is 21.5 Å². The lowest BCUT2D eigenvalue weighted by atomic mass is 10.1. The summed E-state index contributed by atoms with van der Waals surface area (Å²) in [5, 5.41) is 7.43. The fraction of sp³-hybridized carbons (Fsp3) is 0.171. The van der Waals surface area contributed by atoms with Gasteiger partial charge in [-0.05, 0) is 61.7 Å². The third-order valence-electron chi connectivity index (χ3n) is 7.96. The minimum atomic E-state index is 0.178. The highest BCUT2D eigenvalue weighted by atomic mass is 32.2. The summed E-state index contributed by atoms with van der Waals surface area (Å²) >= 11 is 3.58. The number of carbonyl (C=O) groups excluding carboxylic acids is 1. The van der Waals surface area contributed by atoms with Gasteiger partial charge in [0.15, 0.2) is 5.78 Å². The van der Waals surface area contributed by atoms with Crippen molar-refractivity contribution < 1.29 is 4.79 Å². The Morgan fingerprint density at radius 1 is 0.625 bits per heavy atom. The smallest absolute Gasteiger partial charge is 0.185 e. The Hall–Kier alpha value is -3.67. The van der Waals surface area contributed by atoms with E-state index in [-0.39, 0.29) is 5.78 Å². The first-order chi connectivity index (χ1) is 19.7. The molecule has 0 N–H and O–H groups in total. The Morgan fingerprint density at radius 2 is 1.07 bits per heavy atom. The summed E-state index contributed by atoms with van der Waals surface area (Å²) in [5.41, 5.74) is 4.36. The van der Waals surface area contributed by atoms with Gasteiger partial charge in [0.1, 0.15) is 0 Å². The number of anilines is 2. The summed E-state index contributed by atoms with van der Waals surface area (Å²) in [6, 6.07) is 26.0. The van der Waals surface area contributed by atoms with Gasteiger partial charge in [0.25, 0.3) is 0 Å². The number of ketones is 1. The molecule has 5 heteroatoms. The fourth-order valence-corrected chi connectivity index (χ4v) is 8.28. The van der Waals surface area contributed by atoms with Crippen molar-refractivity contribution in [3.63, 3.8) is 0 Å². The standard InChI is InChI=1S/C35H30N2OS2/c1-3-36-31(39-29-19-15-23-9-5-7-11-27(23)33(29)36)21-17-25-13-14-26(35(25)38)18-22-32-37(4-2)34-28-12-8-6-10-24(28)16-20-30(34)40-32/h5-12,15-22H,3-4,13-14H2,1-2H3/b25-17+,26-18+,31-21-,32-22+. The van der Waals surface area contributed by atoms with Crippen molar-refractivity contribution in [2.24, 2.45) is 0 Å². The molecule has 198 valence electrons. The second kappa shape index (κ2) is 10.4. The maximum atomic E-state index is 13.4. The van der Waals surface area contributed by atoms with Crippen LogP contribution in [0, 0.1) is 0 Å². The minimum absolute atomic E-state index is 0.178. The monoisotopic (exact) mass is 558 g/mol. The number of allylic oxidation sites excluding steroid dienone is 6. The van der Waals surface area contributed by atoms with Gasteiger partial charge in [-0.15, -0.1) is 0 Å². The molecule has 0 bridgehead atoms. The van der Waals surface area contributed by atoms with Crippen molar-refractivity contribution in [2.45, 2.75) is 36.5 Å². The zero-order valence-electron chi connectivity index (χ0n) is 22.7. The molecule has 3 nitrogen and oxygen atoms in total. The summed E-state index contributed by atoms with van der Waals surface area (Å²) in [6.45, 7) is 6.16. The maximum Gasteiger partial charge on any atom is 0.185 e. The molecule has 0 atom stereocenters. The highest BCUT2D eigenvalue weighted by Crippen LogP contribution is 2.50. The van der Waals surface area contributed by atoms with Crippen LogP contribution in [-0.2, 0) is 4.79 Å². The molecule has 40 heavy (non-hydrogen) atoms. The summed E-state index contributed by atoms with van der Waals surface area (Å²) in [7, 11) is 0. The summed E-state index contributed by atoms with van der Waals surface area (Å²) < 4.78 is 0. The Balaban J connectivity index is 1.14. The van der Waals surface area contributed by atoms with Crippen LogP contribution < -0.4 is 9.80 Å². The molecule has 0 saturated heterocycles. The number of fused-ring (bicyclic) bond motifs is 6. The van der Waals surface area contributed by atoms with E-state index in [0.717, 1.165) is 37.1 Å². The molecule has 7 rings (SSSR count). The van der Waals surface area contributed by atoms with Crippen LogP contribution >= 0.6 is 23.5 Å². The van der Waals surface area contributed by atoms with Gasteiger partial charge in [0.2, 0.25) is 0 Å². The highest BCUT2D eigenvalue weighted by Gasteiger charge is 2.28. The van der Waals surface area contributed by atoms with E-state index in [4.69, 9.17) is 0 Å². The van der Waals surface area contributed by atoms with Crippen LogP contribution in [0.15, 0.2) is 128 Å². The average Bonchev–Trinajstić information content (AvgIpc) is 3.66. The van der Waals surface area contributed by atoms with Crippen LogP contribution in [0.3, 0.4) is 0 Å². The van der Waals surface area contributed by atoms with Crippen molar-refractivity contribution in [1.82, 2.24) is 0 Å². The number of nitrogens with zero attached hydrogens (tertiary/aromatic N) is 2. The summed E-state index contributed by atoms with van der Waals surface area (Å²) in [4.78, 5) is 20.7. The van der Waals surface area contributed by atoms with Crippen molar-refractivity contribution in [1.29, 1.82) is 0 Å². The molecule has 2 heterocycles. The Morgan fingerprint density at radius 3 is 1.52 bits per heavy atom. The topological polar surface area (TPSA) is 23.6 Å². The first-order valence-corrected chi connectivity index (χ1v) is 15.6. The molecule has 0 aromatic heterocycles. The summed E-state index contributed by atoms with van der Waals surface area (Å²) in [6.07, 6.45) is 9.98. The number of Topliss-reactive ketones (excluding diaryl/α,β-unsaturated/α-hetero) is 1. The lowest BCUT2D eigenvalue weighted by molar-refractivity contribution is -0.111. The number of carbonyl (C=O) groups is 1. The van der Waals surface area contributed by atoms with Crippen LogP contribution in [-0.4, -0.2) is 18.9 Å². The van der Waals surface area contributed by atoms with E-state index in [1.165, 1.54) is 52.8 Å². The number of hydrogen-bond donors (Lipinski definition) is 0. The molecule has 0 unspecified atom stereocenters. The van der Waals surface area contributed by atoms with E-state index < -0.39 is 0 Å². The second-order valence-electron chi connectivity index (χ2n) is 10.2. The SMILES string of the molecule is CCN1/C(=C/C=C2\CC/C(=C\C=C3\Sc4ccc5ccccc5c4N3CC)C2=O)Sc2ccc3ccccc3c21. The number of hydrogen-bond acceptors (Lipinski definition) is 5. The fourth-order valence-electron chi connectivity index (χ4n) is 5.99. The summed E-state index contributed by atoms with van der Waals surface area (Å²) in [5.74, 6) is 0.178. The van der Waals surface area contributed by atoms with Crippen molar-refractivity contribution >= 4 is 62.2 Å². The minimum Gasteiger partial charge on any atom is -0.335 e. The Kier molecular flexibility index (Phi) is 6.57. The molecule has 4 aromatic rings. The predicted octanol–water partition coefficient (Wildman–Crippen LogP) is 9.46. The van der Waals surface area contributed by atoms with Gasteiger partial charge in [-0.2, -0.15) is 0 Å². The molecule has 1 aliphatic carbocycles. The first kappa shape index (κ1) is 25.3. The largest absolute Gasteiger partial charge is 0.335 e. The molecular formula is C35H30N2OS2. The van der Waals surface area contributed by atoms with Gasteiger partial charge in [0.05, 0.1) is 21.4 Å². The number of benzene rings is 4. The Bertz CT molecular complexity index is 1680. The lowest BCUT2D eigenvalue weighted by Gasteiger charge is -2.19. The molecular weight excluding hydrogens is 529 g/mol. The van der Waals surface area contributed by atoms with Crippen molar-refractivity contribution in [2.75, 3.05) is 22.9 Å². The number of thioether (sulfide) groups is 2. The van der Waals surface area contributed by atoms with Crippen molar-refractivity contribution in [3.05, 3.63) is 118 Å². The van der Waals surface area contributed by atoms with Crippen LogP contribution in [0.5, 0.6) is 0 Å². The first-order valence-electron chi connectivity index (χ1n) is 14.0. The molecule has 1 saturated carbocycles. The maximum absolute atomic E-state index is 13.4. The third kappa shape index (κ3) is 4.20. The van der Waals surface area contributed by atoms with Gasteiger partial charge < -0.3 is 9.80 Å². The molecule has 0 amide bonds. The van der Waals surface area contributed by atoms with E-state index in [0.29, 0.717) is 0 Å². The van der Waals surface area contributed by atoms with Gasteiger partial charge in [0, 0.05) is 44.8 Å². The molecule has 0 radical (unpaired) electrons. The van der Waals surface area contributed by atoms with Crippen molar-refractivity contribution in [3.8, 4) is 0 Å². The van der Waals surface area contributed by atoms with Gasteiger partial charge in [-0.1, -0.05) is 96.3 Å². The van der Waals surface area contributed by atoms with Crippen LogP contribution in [0.1, 0.15) is 26.7 Å². The molecule has 2 aliphatic heterocycles. The van der Waals surface area contributed by atoms with Gasteiger partial charge >= 0.3 is 0 Å². The van der Waals surface area contributed by atoms with Crippen LogP contribution in [0.4, 0.5) is 11.4 Å². The normalized spacial score (nSPS) is 20.7. The Labute approximate surface area is 243 Å². The predicted molar refractivity (Wildman–Crippen MR) is 172 cm³/mol. The highest BCUT2D eigenvalue weighted by molar-refractivity contribution is 8.04. The van der Waals surface area contributed by atoms with E-state index in [2.05, 4.69) is 121 Å². The number of rotatable bonds is 4. The zero-order valence-corrected chi connectivity index (χ0v) is 24.3. The average molecular weight is 559 g/mol. The second-order valence-corrected chi connectivity index (χ2v) is 12.3. The lowest BCUT2D eigenvalue weighted by Crippen LogP contribution is -2.16. The van der Waals surface area contributed by atoms with Gasteiger partial charge in [-0.25, -0.2) is 0 Å². The molecule has 1 fully saturated rings. The third-order valence-corrected chi connectivity index (χ3v) is 10.2. The van der Waals surface area contributed by atoms with E-state index in [9.17, 15) is 4.79 Å². The van der Waals surface area contributed by atoms with E-state index in [1.54, 1.807) is 23.5 Å². The zero-order chi connectivity index (χ0) is 27.2. The molecule has 0 spiro atoms. The quantitative estimate of drug-likeness (QED) is 0.232. The van der Waals surface area contributed by atoms with E-state index in [1.807, 2.05) is 0 Å². The van der Waals surface area contributed by atoms with Gasteiger partial charge in [-0.3, -0.25) is 4.79 Å². The van der Waals surface area contributed by atoms with E-state index >= 15 is 0 Å².